The molecular formula is C51H36N4O. The highest BCUT2D eigenvalue weighted by Gasteiger charge is 2.27. The van der Waals surface area contributed by atoms with E-state index in [0.717, 1.165) is 66.8 Å². The number of hydrogen-bond acceptors (Lipinski definition) is 4. The standard InChI is InChI=1S/C51H36N4O/c1-4-14-33(15-5-1)35-18-12-20-37(30-35)49-52-50(38-21-13-19-36(31-38)34-16-6-2-7-17-34)54-51(53-49)39-26-28-45-43(32-39)47-46(56-45)29-27-42-41-24-10-11-25-44(41)55(48(42)47)40-22-8-3-9-23-40/h1-32,49,51,53H,(H,52,54). The van der Waals surface area contributed by atoms with E-state index in [0.29, 0.717) is 0 Å². The van der Waals surface area contributed by atoms with Crippen molar-refractivity contribution >= 4 is 49.6 Å². The second-order valence-corrected chi connectivity index (χ2v) is 14.4. The molecule has 5 heteroatoms. The number of rotatable bonds is 6. The molecule has 0 saturated heterocycles. The molecule has 0 aliphatic carbocycles. The molecule has 5 nitrogen and oxygen atoms in total. The van der Waals surface area contributed by atoms with Crippen LogP contribution >= 0.6 is 0 Å². The van der Waals surface area contributed by atoms with Gasteiger partial charge in [0, 0.05) is 27.4 Å². The van der Waals surface area contributed by atoms with Gasteiger partial charge >= 0.3 is 0 Å². The molecule has 2 aromatic heterocycles. The van der Waals surface area contributed by atoms with Crippen LogP contribution in [0.5, 0.6) is 0 Å². The summed E-state index contributed by atoms with van der Waals surface area (Å²) in [6.07, 6.45) is -0.550. The molecule has 3 heterocycles. The van der Waals surface area contributed by atoms with E-state index < -0.39 is 0 Å². The number of amidine groups is 1. The van der Waals surface area contributed by atoms with Gasteiger partial charge in [0.15, 0.2) is 0 Å². The maximum atomic E-state index is 6.60. The maximum Gasteiger partial charge on any atom is 0.137 e. The summed E-state index contributed by atoms with van der Waals surface area (Å²) in [7, 11) is 0. The lowest BCUT2D eigenvalue weighted by atomic mass is 9.99. The Morgan fingerprint density at radius 3 is 1.89 bits per heavy atom. The lowest BCUT2D eigenvalue weighted by Gasteiger charge is -2.32. The Morgan fingerprint density at radius 1 is 0.464 bits per heavy atom. The van der Waals surface area contributed by atoms with E-state index in [1.54, 1.807) is 0 Å². The second-order valence-electron chi connectivity index (χ2n) is 14.4. The first-order valence-corrected chi connectivity index (χ1v) is 19.1. The third kappa shape index (κ3) is 5.48. The van der Waals surface area contributed by atoms with Gasteiger partial charge in [-0.1, -0.05) is 140 Å². The first kappa shape index (κ1) is 32.2. The molecular weight excluding hydrogens is 685 g/mol. The van der Waals surface area contributed by atoms with Crippen molar-refractivity contribution in [2.24, 2.45) is 4.99 Å². The highest BCUT2D eigenvalue weighted by molar-refractivity contribution is 6.24. The van der Waals surface area contributed by atoms with Crippen LogP contribution in [0.4, 0.5) is 0 Å². The minimum Gasteiger partial charge on any atom is -0.456 e. The van der Waals surface area contributed by atoms with E-state index in [2.05, 4.69) is 209 Å². The van der Waals surface area contributed by atoms with Gasteiger partial charge in [-0.25, -0.2) is 4.99 Å². The van der Waals surface area contributed by atoms with Gasteiger partial charge in [-0.05, 0) is 88.0 Å². The largest absolute Gasteiger partial charge is 0.456 e. The van der Waals surface area contributed by atoms with Crippen molar-refractivity contribution in [1.29, 1.82) is 0 Å². The topological polar surface area (TPSA) is 54.5 Å². The molecule has 11 rings (SSSR count). The average molecular weight is 721 g/mol. The minimum atomic E-state index is -0.301. The van der Waals surface area contributed by atoms with Crippen LogP contribution in [0.25, 0.3) is 71.7 Å². The minimum absolute atomic E-state index is 0.248. The lowest BCUT2D eigenvalue weighted by molar-refractivity contribution is 0.409. The van der Waals surface area contributed by atoms with Crippen molar-refractivity contribution in [3.63, 3.8) is 0 Å². The van der Waals surface area contributed by atoms with Crippen LogP contribution < -0.4 is 10.6 Å². The first-order valence-electron chi connectivity index (χ1n) is 19.1. The zero-order chi connectivity index (χ0) is 37.0. The van der Waals surface area contributed by atoms with Gasteiger partial charge < -0.3 is 14.3 Å². The van der Waals surface area contributed by atoms with E-state index >= 15 is 0 Å². The number of aliphatic imine (C=N–C) groups is 1. The van der Waals surface area contributed by atoms with Crippen molar-refractivity contribution < 1.29 is 4.42 Å². The monoisotopic (exact) mass is 720 g/mol. The Morgan fingerprint density at radius 2 is 1.11 bits per heavy atom. The summed E-state index contributed by atoms with van der Waals surface area (Å²) in [4.78, 5) is 5.35. The second kappa shape index (κ2) is 13.3. The zero-order valence-corrected chi connectivity index (χ0v) is 30.4. The Kier molecular flexibility index (Phi) is 7.64. The van der Waals surface area contributed by atoms with Crippen LogP contribution in [-0.4, -0.2) is 10.4 Å². The number of fused-ring (bicyclic) bond motifs is 7. The fourth-order valence-electron chi connectivity index (χ4n) is 8.40. The molecule has 0 bridgehead atoms. The molecule has 266 valence electrons. The lowest BCUT2D eigenvalue weighted by Crippen LogP contribution is -2.45. The number of hydrogen-bond donors (Lipinski definition) is 2. The van der Waals surface area contributed by atoms with E-state index in [9.17, 15) is 0 Å². The summed E-state index contributed by atoms with van der Waals surface area (Å²) < 4.78 is 8.98. The van der Waals surface area contributed by atoms with Gasteiger partial charge in [-0.15, -0.1) is 0 Å². The van der Waals surface area contributed by atoms with Crippen LogP contribution in [0, 0.1) is 0 Å². The number of benzene rings is 8. The number of aromatic nitrogens is 1. The summed E-state index contributed by atoms with van der Waals surface area (Å²) in [6.45, 7) is 0. The van der Waals surface area contributed by atoms with E-state index in [1.807, 2.05) is 0 Å². The van der Waals surface area contributed by atoms with E-state index in [1.165, 1.54) is 27.4 Å². The molecule has 10 aromatic rings. The molecule has 1 aliphatic rings. The summed E-state index contributed by atoms with van der Waals surface area (Å²) in [5, 5.41) is 12.3. The molecule has 0 radical (unpaired) electrons. The quantitative estimate of drug-likeness (QED) is 0.180. The van der Waals surface area contributed by atoms with Gasteiger partial charge in [-0.3, -0.25) is 5.32 Å². The normalized spacial score (nSPS) is 15.7. The van der Waals surface area contributed by atoms with Crippen molar-refractivity contribution in [3.8, 4) is 27.9 Å². The van der Waals surface area contributed by atoms with E-state index in [4.69, 9.17) is 9.41 Å². The molecule has 2 N–H and O–H groups in total. The molecule has 2 unspecified atom stereocenters. The predicted molar refractivity (Wildman–Crippen MR) is 230 cm³/mol. The van der Waals surface area contributed by atoms with Crippen LogP contribution in [0.3, 0.4) is 0 Å². The zero-order valence-electron chi connectivity index (χ0n) is 30.4. The van der Waals surface area contributed by atoms with Crippen molar-refractivity contribution in [2.75, 3.05) is 0 Å². The molecule has 56 heavy (non-hydrogen) atoms. The summed E-state index contributed by atoms with van der Waals surface area (Å²) in [5.41, 5.74) is 13.0. The molecule has 2 atom stereocenters. The van der Waals surface area contributed by atoms with Crippen LogP contribution in [0.15, 0.2) is 204 Å². The molecule has 0 fully saturated rings. The smallest absolute Gasteiger partial charge is 0.137 e. The Labute approximate surface area is 324 Å². The number of nitrogens with zero attached hydrogens (tertiary/aromatic N) is 2. The highest BCUT2D eigenvalue weighted by atomic mass is 16.3. The number of para-hydroxylation sites is 2. The Bertz CT molecular complexity index is 3090. The molecule has 0 spiro atoms. The van der Waals surface area contributed by atoms with E-state index in [-0.39, 0.29) is 12.3 Å². The summed E-state index contributed by atoms with van der Waals surface area (Å²) >= 11 is 0. The van der Waals surface area contributed by atoms with Crippen molar-refractivity contribution in [1.82, 2.24) is 15.2 Å². The number of furan rings is 1. The SMILES string of the molecule is c1ccc(-c2cccc(C3=NC(c4cccc(-c5ccccc5)c4)NC(c4ccc5oc6ccc7c8ccccc8n(-c8ccccc8)c7c6c5c4)N3)c2)cc1. The van der Waals surface area contributed by atoms with Crippen LogP contribution in [0.1, 0.15) is 29.0 Å². The third-order valence-electron chi connectivity index (χ3n) is 11.1. The van der Waals surface area contributed by atoms with Crippen molar-refractivity contribution in [2.45, 2.75) is 12.3 Å². The summed E-state index contributed by atoms with van der Waals surface area (Å²) in [6, 6.07) is 68.6. The third-order valence-corrected chi connectivity index (χ3v) is 11.1. The predicted octanol–water partition coefficient (Wildman–Crippen LogP) is 12.4. The highest BCUT2D eigenvalue weighted by Crippen LogP contribution is 2.41. The van der Waals surface area contributed by atoms with Gasteiger partial charge in [0.05, 0.1) is 16.4 Å². The van der Waals surface area contributed by atoms with Gasteiger partial charge in [0.1, 0.15) is 29.3 Å². The average Bonchev–Trinajstić information content (AvgIpc) is 3.82. The van der Waals surface area contributed by atoms with Crippen molar-refractivity contribution in [3.05, 3.63) is 211 Å². The summed E-state index contributed by atoms with van der Waals surface area (Å²) in [5.74, 6) is 0.838. The van der Waals surface area contributed by atoms with Gasteiger partial charge in [0.2, 0.25) is 0 Å². The Balaban J connectivity index is 1.07. The molecule has 1 aliphatic heterocycles. The fraction of sp³-hybridized carbons (Fsp3) is 0.0392. The molecule has 8 aromatic carbocycles. The maximum absolute atomic E-state index is 6.60. The number of nitrogens with one attached hydrogen (secondary N) is 2. The Hall–Kier alpha value is -7.21. The van der Waals surface area contributed by atoms with Gasteiger partial charge in [-0.2, -0.15) is 0 Å². The van der Waals surface area contributed by atoms with Crippen LogP contribution in [0.2, 0.25) is 0 Å². The molecule has 0 amide bonds. The van der Waals surface area contributed by atoms with Gasteiger partial charge in [0.25, 0.3) is 0 Å². The molecule has 0 saturated carbocycles. The first-order chi connectivity index (χ1) is 27.7. The fourth-order valence-corrected chi connectivity index (χ4v) is 8.40. The van der Waals surface area contributed by atoms with Crippen LogP contribution in [-0.2, 0) is 0 Å².